The van der Waals surface area contributed by atoms with Crippen molar-refractivity contribution in [3.8, 4) is 28.7 Å². The van der Waals surface area contributed by atoms with Crippen molar-refractivity contribution in [1.29, 1.82) is 0 Å². The van der Waals surface area contributed by atoms with Crippen molar-refractivity contribution in [3.63, 3.8) is 0 Å². The van der Waals surface area contributed by atoms with Crippen LogP contribution in [0.1, 0.15) is 28.7 Å². The van der Waals surface area contributed by atoms with Gasteiger partial charge in [0.2, 0.25) is 12.5 Å². The Morgan fingerprint density at radius 1 is 0.854 bits per heavy atom. The molecule has 0 radical (unpaired) electrons. The summed E-state index contributed by atoms with van der Waals surface area (Å²) in [5.41, 5.74) is 2.00. The van der Waals surface area contributed by atoms with Gasteiger partial charge in [0.05, 0.1) is 46.6 Å². The highest BCUT2D eigenvalue weighted by molar-refractivity contribution is 5.79. The van der Waals surface area contributed by atoms with Gasteiger partial charge in [-0.1, -0.05) is 0 Å². The van der Waals surface area contributed by atoms with E-state index >= 15 is 0 Å². The Hall–Kier alpha value is -3.33. The summed E-state index contributed by atoms with van der Waals surface area (Å²) < 4.78 is 45.5. The lowest BCUT2D eigenvalue weighted by Gasteiger charge is -2.44. The highest BCUT2D eigenvalue weighted by Crippen LogP contribution is 2.57. The van der Waals surface area contributed by atoms with Gasteiger partial charge in [0.1, 0.15) is 24.4 Å². The Morgan fingerprint density at radius 2 is 1.51 bits per heavy atom. The number of aliphatic hydroxyl groups is 4. The first-order valence-electron chi connectivity index (χ1n) is 13.2. The molecule has 2 fully saturated rings. The summed E-state index contributed by atoms with van der Waals surface area (Å²) >= 11 is 0. The fraction of sp³-hybridized carbons (Fsp3) is 0.536. The summed E-state index contributed by atoms with van der Waals surface area (Å²) in [5.74, 6) is -0.112. The van der Waals surface area contributed by atoms with Crippen LogP contribution in [0.3, 0.4) is 0 Å². The number of aliphatic hydroxyl groups excluding tert-OH is 4. The molecule has 0 amide bonds. The van der Waals surface area contributed by atoms with E-state index in [4.69, 9.17) is 37.9 Å². The summed E-state index contributed by atoms with van der Waals surface area (Å²) in [6.07, 6.45) is -8.26. The molecule has 13 heteroatoms. The van der Waals surface area contributed by atoms with Gasteiger partial charge in [0.15, 0.2) is 29.3 Å². The minimum Gasteiger partial charge on any atom is -0.493 e. The van der Waals surface area contributed by atoms with E-state index in [1.807, 2.05) is 0 Å². The predicted octanol–water partition coefficient (Wildman–Crippen LogP) is 0.233. The summed E-state index contributed by atoms with van der Waals surface area (Å²) in [6, 6.07) is 7.11. The Labute approximate surface area is 235 Å². The maximum atomic E-state index is 13.4. The first kappa shape index (κ1) is 27.8. The molecule has 1 aliphatic carbocycles. The van der Waals surface area contributed by atoms with Crippen LogP contribution >= 0.6 is 0 Å². The van der Waals surface area contributed by atoms with Crippen molar-refractivity contribution in [2.24, 2.45) is 11.8 Å². The van der Waals surface area contributed by atoms with E-state index in [0.29, 0.717) is 45.4 Å². The van der Waals surface area contributed by atoms with Crippen LogP contribution in [0.5, 0.6) is 28.7 Å². The highest BCUT2D eigenvalue weighted by Gasteiger charge is 2.55. The monoisotopic (exact) mass is 576 g/mol. The van der Waals surface area contributed by atoms with Gasteiger partial charge in [-0.3, -0.25) is 4.79 Å². The van der Waals surface area contributed by atoms with Crippen LogP contribution in [0.4, 0.5) is 0 Å². The van der Waals surface area contributed by atoms with Gasteiger partial charge in [-0.2, -0.15) is 0 Å². The van der Waals surface area contributed by atoms with Crippen molar-refractivity contribution in [3.05, 3.63) is 41.0 Å². The number of cyclic esters (lactones) is 1. The molecule has 6 rings (SSSR count). The van der Waals surface area contributed by atoms with Crippen LogP contribution in [-0.4, -0.2) is 98.4 Å². The van der Waals surface area contributed by atoms with Gasteiger partial charge in [0.25, 0.3) is 0 Å². The summed E-state index contributed by atoms with van der Waals surface area (Å²) in [5, 5.41) is 41.0. The Bertz CT molecular complexity index is 1290. The molecular formula is C28H32O13. The van der Waals surface area contributed by atoms with E-state index in [1.165, 1.54) is 21.3 Å². The van der Waals surface area contributed by atoms with Crippen LogP contribution in [0.25, 0.3) is 0 Å². The zero-order chi connectivity index (χ0) is 29.0. The number of rotatable bonds is 7. The minimum atomic E-state index is -1.63. The third-order valence-corrected chi connectivity index (χ3v) is 8.29. The maximum Gasteiger partial charge on any atom is 0.310 e. The standard InChI is InChI=1S/C28H32O13/c1-34-17-4-11(5-18(35-2)26(17)36-3)20-12-6-15-16(39-10-38-15)7-13(12)25(14-9-37-27(33)21(14)20)41-28-24(32)23(31)22(30)19(8-29)40-28/h4-7,14,19-25,28-32H,8-10H2,1-3H3/t14-,19+,20+,21-,22-,23+,24+,25-,28+/m0/s1. The van der Waals surface area contributed by atoms with E-state index in [0.717, 1.165) is 0 Å². The van der Waals surface area contributed by atoms with E-state index in [-0.39, 0.29) is 13.4 Å². The quantitative estimate of drug-likeness (QED) is 0.331. The van der Waals surface area contributed by atoms with Gasteiger partial charge in [-0.15, -0.1) is 0 Å². The molecule has 0 bridgehead atoms. The molecule has 0 unspecified atom stereocenters. The molecule has 0 aromatic heterocycles. The summed E-state index contributed by atoms with van der Waals surface area (Å²) in [7, 11) is 4.51. The van der Waals surface area contributed by atoms with Crippen molar-refractivity contribution in [2.45, 2.75) is 42.7 Å². The molecule has 9 atom stereocenters. The largest absolute Gasteiger partial charge is 0.493 e. The second kappa shape index (κ2) is 10.8. The van der Waals surface area contributed by atoms with E-state index < -0.39 is 67.1 Å². The van der Waals surface area contributed by atoms with Crippen molar-refractivity contribution in [2.75, 3.05) is 41.3 Å². The fourth-order valence-corrected chi connectivity index (χ4v) is 6.29. The van der Waals surface area contributed by atoms with Crippen LogP contribution < -0.4 is 23.7 Å². The highest BCUT2D eigenvalue weighted by atomic mass is 16.7. The number of hydrogen-bond donors (Lipinski definition) is 4. The lowest BCUT2D eigenvalue weighted by molar-refractivity contribution is -0.317. The van der Waals surface area contributed by atoms with Gasteiger partial charge in [0, 0.05) is 11.8 Å². The first-order valence-corrected chi connectivity index (χ1v) is 13.2. The Balaban J connectivity index is 1.49. The SMILES string of the molecule is COc1cc([C@@H]2c3cc4c(cc3[C@H](O[C@H]3O[C@H](CO)[C@H](O)[C@@H](O)[C@H]3O)[C@H]3COC(=O)[C@H]23)OCO4)cc(OC)c1OC. The predicted molar refractivity (Wildman–Crippen MR) is 136 cm³/mol. The average molecular weight is 577 g/mol. The van der Waals surface area contributed by atoms with E-state index in [2.05, 4.69) is 0 Å². The Morgan fingerprint density at radius 3 is 2.12 bits per heavy atom. The molecule has 222 valence electrons. The smallest absolute Gasteiger partial charge is 0.310 e. The molecule has 4 aliphatic rings. The molecule has 13 nitrogen and oxygen atoms in total. The third kappa shape index (κ3) is 4.44. The number of fused-ring (bicyclic) bond motifs is 3. The Kier molecular flexibility index (Phi) is 7.34. The summed E-state index contributed by atoms with van der Waals surface area (Å²) in [4.78, 5) is 13.4. The molecule has 0 saturated carbocycles. The molecular weight excluding hydrogens is 544 g/mol. The second-order valence-electron chi connectivity index (χ2n) is 10.3. The van der Waals surface area contributed by atoms with Crippen molar-refractivity contribution in [1.82, 2.24) is 0 Å². The molecule has 3 heterocycles. The average Bonchev–Trinajstić information content (AvgIpc) is 3.61. The van der Waals surface area contributed by atoms with Gasteiger partial charge in [-0.05, 0) is 41.0 Å². The van der Waals surface area contributed by atoms with E-state index in [1.54, 1.807) is 24.3 Å². The molecule has 4 N–H and O–H groups in total. The van der Waals surface area contributed by atoms with Crippen LogP contribution in [-0.2, 0) is 19.0 Å². The molecule has 0 spiro atoms. The summed E-state index contributed by atoms with van der Waals surface area (Å²) in [6.45, 7) is -0.581. The van der Waals surface area contributed by atoms with Crippen LogP contribution in [0, 0.1) is 11.8 Å². The van der Waals surface area contributed by atoms with Gasteiger partial charge < -0.3 is 58.3 Å². The normalized spacial score (nSPS) is 33.5. The van der Waals surface area contributed by atoms with Gasteiger partial charge >= 0.3 is 5.97 Å². The number of esters is 1. The van der Waals surface area contributed by atoms with Crippen molar-refractivity contribution >= 4 is 5.97 Å². The zero-order valence-corrected chi connectivity index (χ0v) is 22.6. The number of methoxy groups -OCH3 is 3. The van der Waals surface area contributed by atoms with Crippen molar-refractivity contribution < 1.29 is 63.1 Å². The van der Waals surface area contributed by atoms with E-state index in [9.17, 15) is 25.2 Å². The number of ether oxygens (including phenoxy) is 8. The fourth-order valence-electron chi connectivity index (χ4n) is 6.29. The minimum absolute atomic E-state index is 0.0141. The number of benzene rings is 2. The molecule has 41 heavy (non-hydrogen) atoms. The van der Waals surface area contributed by atoms with Crippen LogP contribution in [0.15, 0.2) is 24.3 Å². The lowest BCUT2D eigenvalue weighted by Crippen LogP contribution is -2.59. The molecule has 2 aromatic rings. The molecule has 3 aliphatic heterocycles. The molecule has 2 aromatic carbocycles. The first-order chi connectivity index (χ1) is 19.8. The maximum absolute atomic E-state index is 13.4. The third-order valence-electron chi connectivity index (χ3n) is 8.29. The number of carbonyl (C=O) groups is 1. The van der Waals surface area contributed by atoms with Gasteiger partial charge in [-0.25, -0.2) is 0 Å². The van der Waals surface area contributed by atoms with Crippen LogP contribution in [0.2, 0.25) is 0 Å². The molecule has 2 saturated heterocycles. The number of carbonyl (C=O) groups excluding carboxylic acids is 1. The topological polar surface area (TPSA) is 172 Å². The lowest BCUT2D eigenvalue weighted by atomic mass is 9.66. The number of hydrogen-bond acceptors (Lipinski definition) is 13. The zero-order valence-electron chi connectivity index (χ0n) is 22.6. The second-order valence-corrected chi connectivity index (χ2v) is 10.3.